The van der Waals surface area contributed by atoms with Gasteiger partial charge in [-0.3, -0.25) is 0 Å². The molecule has 106 valence electrons. The zero-order chi connectivity index (χ0) is 13.8. The first-order valence-electron chi connectivity index (χ1n) is 6.93. The molecule has 1 fully saturated rings. The van der Waals surface area contributed by atoms with Crippen LogP contribution in [-0.4, -0.2) is 24.5 Å². The fourth-order valence-electron chi connectivity index (χ4n) is 2.39. The standard InChI is InChI=1S/C15H22ClNOS/c1-4-17-10(2)13-6-5-12(9-14(13)16)19-15-7-8-18-11(15)3/h5-6,9-11,15,17H,4,7-8H2,1-3H3. The van der Waals surface area contributed by atoms with Gasteiger partial charge in [0.25, 0.3) is 0 Å². The van der Waals surface area contributed by atoms with Crippen LogP contribution in [0.15, 0.2) is 23.1 Å². The Kier molecular flexibility index (Phi) is 5.58. The van der Waals surface area contributed by atoms with E-state index in [4.69, 9.17) is 16.3 Å². The highest BCUT2D eigenvalue weighted by Crippen LogP contribution is 2.35. The van der Waals surface area contributed by atoms with E-state index >= 15 is 0 Å². The van der Waals surface area contributed by atoms with Crippen molar-refractivity contribution in [1.29, 1.82) is 0 Å². The van der Waals surface area contributed by atoms with Gasteiger partial charge in [-0.15, -0.1) is 11.8 Å². The Morgan fingerprint density at radius 3 is 2.89 bits per heavy atom. The van der Waals surface area contributed by atoms with Crippen molar-refractivity contribution in [1.82, 2.24) is 5.32 Å². The van der Waals surface area contributed by atoms with E-state index in [1.54, 1.807) is 0 Å². The van der Waals surface area contributed by atoms with Crippen molar-refractivity contribution in [2.45, 2.75) is 49.5 Å². The number of rotatable bonds is 5. The van der Waals surface area contributed by atoms with Gasteiger partial charge in [0, 0.05) is 27.8 Å². The van der Waals surface area contributed by atoms with Crippen molar-refractivity contribution >= 4 is 23.4 Å². The minimum Gasteiger partial charge on any atom is -0.377 e. The topological polar surface area (TPSA) is 21.3 Å². The Morgan fingerprint density at radius 2 is 2.32 bits per heavy atom. The Hall–Kier alpha value is -0.220. The normalized spacial score (nSPS) is 24.6. The van der Waals surface area contributed by atoms with Crippen molar-refractivity contribution < 1.29 is 4.74 Å². The molecule has 0 saturated carbocycles. The van der Waals surface area contributed by atoms with E-state index in [1.807, 2.05) is 11.8 Å². The second-order valence-corrected chi connectivity index (χ2v) is 6.70. The van der Waals surface area contributed by atoms with Crippen molar-refractivity contribution in [2.24, 2.45) is 0 Å². The van der Waals surface area contributed by atoms with E-state index in [-0.39, 0.29) is 0 Å². The van der Waals surface area contributed by atoms with E-state index in [2.05, 4.69) is 44.3 Å². The molecule has 1 N–H and O–H groups in total. The van der Waals surface area contributed by atoms with Crippen molar-refractivity contribution in [3.63, 3.8) is 0 Å². The summed E-state index contributed by atoms with van der Waals surface area (Å²) in [5, 5.41) is 4.79. The number of hydrogen-bond acceptors (Lipinski definition) is 3. The molecule has 0 amide bonds. The van der Waals surface area contributed by atoms with Crippen molar-refractivity contribution in [3.8, 4) is 0 Å². The lowest BCUT2D eigenvalue weighted by atomic mass is 10.1. The molecule has 0 radical (unpaired) electrons. The van der Waals surface area contributed by atoms with Crippen LogP contribution in [0.1, 0.15) is 38.8 Å². The molecule has 0 bridgehead atoms. The highest BCUT2D eigenvalue weighted by atomic mass is 35.5. The molecule has 1 aliphatic rings. The maximum atomic E-state index is 6.40. The Balaban J connectivity index is 2.06. The van der Waals surface area contributed by atoms with Gasteiger partial charge in [0.2, 0.25) is 0 Å². The molecule has 2 nitrogen and oxygen atoms in total. The molecule has 4 heteroatoms. The van der Waals surface area contributed by atoms with Crippen LogP contribution < -0.4 is 5.32 Å². The van der Waals surface area contributed by atoms with Gasteiger partial charge in [0.15, 0.2) is 0 Å². The minimum atomic E-state index is 0.297. The van der Waals surface area contributed by atoms with Crippen LogP contribution in [0, 0.1) is 0 Å². The molecule has 1 saturated heterocycles. The molecule has 2 rings (SSSR count). The SMILES string of the molecule is CCNC(C)c1ccc(SC2CCOC2C)cc1Cl. The summed E-state index contributed by atoms with van der Waals surface area (Å²) in [6.07, 6.45) is 1.46. The largest absolute Gasteiger partial charge is 0.377 e. The lowest BCUT2D eigenvalue weighted by Gasteiger charge is -2.17. The van der Waals surface area contributed by atoms with Crippen LogP contribution in [0.2, 0.25) is 5.02 Å². The van der Waals surface area contributed by atoms with Crippen LogP contribution >= 0.6 is 23.4 Å². The van der Waals surface area contributed by atoms with Crippen molar-refractivity contribution in [3.05, 3.63) is 28.8 Å². The second-order valence-electron chi connectivity index (χ2n) is 4.98. The molecule has 19 heavy (non-hydrogen) atoms. The summed E-state index contributed by atoms with van der Waals surface area (Å²) in [4.78, 5) is 1.24. The van der Waals surface area contributed by atoms with Gasteiger partial charge >= 0.3 is 0 Å². The molecular formula is C15H22ClNOS. The van der Waals surface area contributed by atoms with Gasteiger partial charge in [-0.1, -0.05) is 24.6 Å². The zero-order valence-corrected chi connectivity index (χ0v) is 13.4. The monoisotopic (exact) mass is 299 g/mol. The Bertz CT molecular complexity index is 427. The van der Waals surface area contributed by atoms with Gasteiger partial charge in [-0.25, -0.2) is 0 Å². The fraction of sp³-hybridized carbons (Fsp3) is 0.600. The smallest absolute Gasteiger partial charge is 0.0669 e. The number of halogens is 1. The molecule has 1 heterocycles. The minimum absolute atomic E-state index is 0.297. The predicted molar refractivity (Wildman–Crippen MR) is 83.2 cm³/mol. The van der Waals surface area contributed by atoms with Gasteiger partial charge < -0.3 is 10.1 Å². The first-order chi connectivity index (χ1) is 9.11. The highest BCUT2D eigenvalue weighted by Gasteiger charge is 2.25. The zero-order valence-electron chi connectivity index (χ0n) is 11.8. The molecule has 0 spiro atoms. The molecular weight excluding hydrogens is 278 g/mol. The van der Waals surface area contributed by atoms with Gasteiger partial charge in [0.05, 0.1) is 6.10 Å². The number of benzene rings is 1. The first-order valence-corrected chi connectivity index (χ1v) is 8.18. The summed E-state index contributed by atoms with van der Waals surface area (Å²) in [5.74, 6) is 0. The summed E-state index contributed by atoms with van der Waals surface area (Å²) in [6, 6.07) is 6.69. The van der Waals surface area contributed by atoms with E-state index < -0.39 is 0 Å². The lowest BCUT2D eigenvalue weighted by Crippen LogP contribution is -2.18. The van der Waals surface area contributed by atoms with Gasteiger partial charge in [-0.2, -0.15) is 0 Å². The molecule has 3 atom stereocenters. The summed E-state index contributed by atoms with van der Waals surface area (Å²) in [5.41, 5.74) is 1.17. The Labute approximate surface area is 125 Å². The quantitative estimate of drug-likeness (QED) is 0.877. The number of hydrogen-bond donors (Lipinski definition) is 1. The van der Waals surface area contributed by atoms with E-state index in [0.717, 1.165) is 24.6 Å². The number of ether oxygens (including phenoxy) is 1. The van der Waals surface area contributed by atoms with E-state index in [1.165, 1.54) is 10.5 Å². The lowest BCUT2D eigenvalue weighted by molar-refractivity contribution is 0.127. The maximum absolute atomic E-state index is 6.40. The Morgan fingerprint density at radius 1 is 1.53 bits per heavy atom. The third-order valence-corrected chi connectivity index (χ3v) is 5.32. The second kappa shape index (κ2) is 6.98. The van der Waals surface area contributed by atoms with E-state index in [0.29, 0.717) is 17.4 Å². The first kappa shape index (κ1) is 15.2. The van der Waals surface area contributed by atoms with Gasteiger partial charge in [-0.05, 0) is 44.5 Å². The van der Waals surface area contributed by atoms with E-state index in [9.17, 15) is 0 Å². The third kappa shape index (κ3) is 3.88. The maximum Gasteiger partial charge on any atom is 0.0669 e. The van der Waals surface area contributed by atoms with Crippen molar-refractivity contribution in [2.75, 3.05) is 13.2 Å². The average Bonchev–Trinajstić information content (AvgIpc) is 2.75. The van der Waals surface area contributed by atoms with Gasteiger partial charge in [0.1, 0.15) is 0 Å². The number of thioether (sulfide) groups is 1. The molecule has 1 aromatic carbocycles. The third-order valence-electron chi connectivity index (χ3n) is 3.54. The molecule has 3 unspecified atom stereocenters. The molecule has 1 aliphatic heterocycles. The summed E-state index contributed by atoms with van der Waals surface area (Å²) in [6.45, 7) is 8.22. The highest BCUT2D eigenvalue weighted by molar-refractivity contribution is 8.00. The molecule has 0 aromatic heterocycles. The molecule has 1 aromatic rings. The number of nitrogens with one attached hydrogen (secondary N) is 1. The summed E-state index contributed by atoms with van der Waals surface area (Å²) in [7, 11) is 0. The van der Waals surface area contributed by atoms with Crippen LogP contribution in [0.5, 0.6) is 0 Å². The van der Waals surface area contributed by atoms with Crippen LogP contribution in [-0.2, 0) is 4.74 Å². The van der Waals surface area contributed by atoms with Crippen LogP contribution in [0.25, 0.3) is 0 Å². The summed E-state index contributed by atoms with van der Waals surface area (Å²) >= 11 is 8.27. The predicted octanol–water partition coefficient (Wildman–Crippen LogP) is 4.28. The van der Waals surface area contributed by atoms with Crippen LogP contribution in [0.3, 0.4) is 0 Å². The van der Waals surface area contributed by atoms with Crippen LogP contribution in [0.4, 0.5) is 0 Å². The summed E-state index contributed by atoms with van der Waals surface area (Å²) < 4.78 is 5.60. The average molecular weight is 300 g/mol. The fourth-order valence-corrected chi connectivity index (χ4v) is 3.97. The molecule has 0 aliphatic carbocycles.